The Morgan fingerprint density at radius 3 is 1.57 bits per heavy atom. The van der Waals surface area contributed by atoms with Crippen LogP contribution < -0.4 is 26.2 Å². The second kappa shape index (κ2) is 17.3. The molecular weight excluding hydrogens is 950 g/mol. The summed E-state index contributed by atoms with van der Waals surface area (Å²) in [5.41, 5.74) is 25.2. The number of hydrogen-bond acceptors (Lipinski definition) is 3. The highest BCUT2D eigenvalue weighted by Crippen LogP contribution is 2.51. The fraction of sp³-hybridized carbons (Fsp3) is 0.306. The van der Waals surface area contributed by atoms with E-state index in [1.54, 1.807) is 0 Å². The Morgan fingerprint density at radius 1 is 0.429 bits per heavy atom. The Hall–Kier alpha value is -6.82. The summed E-state index contributed by atoms with van der Waals surface area (Å²) in [5.74, 6) is 0. The van der Waals surface area contributed by atoms with Crippen molar-refractivity contribution in [3.05, 3.63) is 191 Å². The Bertz CT molecular complexity index is 3970. The standard InChI is InChI=1S/C72H76BN3S/c1-43-35-46(68(3,4)5)27-32-57(43)74(58-33-28-47(36-44(58)2)69(6,7)8)51-30-31-55-60(42-51)75(59-34-29-48(70(9,10)11)37-53(59)45-23-19-18-20-24-45)61-40-50(72(15,16)17)41-62-65(61)73(55)56-39-49(71(12,13)14)38-54-64-52-25-21-22-26-63(52)77-67(64)76(62)66(54)56/h18-42H,1-17H3. The van der Waals surface area contributed by atoms with Gasteiger partial charge in [-0.05, 0) is 162 Å². The third-order valence-corrected chi connectivity index (χ3v) is 18.1. The van der Waals surface area contributed by atoms with Crippen LogP contribution >= 0.6 is 11.3 Å². The minimum absolute atomic E-state index is 0.0135. The molecule has 0 spiro atoms. The van der Waals surface area contributed by atoms with Crippen molar-refractivity contribution in [2.24, 2.45) is 0 Å². The Balaban J connectivity index is 1.24. The van der Waals surface area contributed by atoms with Gasteiger partial charge in [-0.2, -0.15) is 0 Å². The van der Waals surface area contributed by atoms with Gasteiger partial charge in [-0.25, -0.2) is 0 Å². The third kappa shape index (κ3) is 8.28. The number of hydrogen-bond donors (Lipinski definition) is 0. The van der Waals surface area contributed by atoms with Crippen molar-refractivity contribution in [1.29, 1.82) is 0 Å². The molecule has 3 nitrogen and oxygen atoms in total. The number of nitrogens with zero attached hydrogens (tertiary/aromatic N) is 3. The van der Waals surface area contributed by atoms with Crippen LogP contribution in [0.2, 0.25) is 0 Å². The molecule has 4 heterocycles. The van der Waals surface area contributed by atoms with Gasteiger partial charge >= 0.3 is 0 Å². The molecule has 0 saturated carbocycles. The second-order valence-electron chi connectivity index (χ2n) is 27.7. The van der Waals surface area contributed by atoms with Crippen LogP contribution in [0, 0.1) is 13.8 Å². The lowest BCUT2D eigenvalue weighted by Gasteiger charge is -2.43. The molecule has 0 bridgehead atoms. The van der Waals surface area contributed by atoms with Crippen molar-refractivity contribution in [2.75, 3.05) is 9.80 Å². The van der Waals surface area contributed by atoms with Crippen LogP contribution in [0.5, 0.6) is 0 Å². The first-order valence-electron chi connectivity index (χ1n) is 28.0. The van der Waals surface area contributed by atoms with Crippen molar-refractivity contribution < 1.29 is 0 Å². The summed E-state index contributed by atoms with van der Waals surface area (Å²) in [5, 5.41) is 4.06. The van der Waals surface area contributed by atoms with Crippen LogP contribution in [-0.2, 0) is 27.1 Å². The van der Waals surface area contributed by atoms with Gasteiger partial charge in [0, 0.05) is 60.5 Å². The number of rotatable bonds is 5. The molecule has 12 rings (SSSR count). The zero-order valence-corrected chi connectivity index (χ0v) is 49.6. The molecule has 0 fully saturated rings. The fourth-order valence-electron chi connectivity index (χ4n) is 12.4. The quantitative estimate of drug-likeness (QED) is 0.159. The molecule has 8 aromatic carbocycles. The molecule has 0 N–H and O–H groups in total. The molecular formula is C72H76BN3S. The molecule has 0 saturated heterocycles. The minimum Gasteiger partial charge on any atom is -0.311 e. The van der Waals surface area contributed by atoms with Crippen molar-refractivity contribution in [2.45, 2.75) is 145 Å². The topological polar surface area (TPSA) is 11.4 Å². The average molecular weight is 1030 g/mol. The van der Waals surface area contributed by atoms with Crippen LogP contribution in [0.15, 0.2) is 152 Å². The summed E-state index contributed by atoms with van der Waals surface area (Å²) >= 11 is 1.94. The number of anilines is 6. The van der Waals surface area contributed by atoms with Gasteiger partial charge in [-0.3, -0.25) is 0 Å². The molecule has 0 aliphatic carbocycles. The van der Waals surface area contributed by atoms with E-state index < -0.39 is 0 Å². The van der Waals surface area contributed by atoms with E-state index in [0.717, 1.165) is 5.69 Å². The number of aryl methyl sites for hydroxylation is 2. The second-order valence-corrected chi connectivity index (χ2v) is 28.7. The zero-order chi connectivity index (χ0) is 54.6. The lowest BCUT2D eigenvalue weighted by atomic mass is 9.33. The molecule has 5 heteroatoms. The van der Waals surface area contributed by atoms with Gasteiger partial charge in [-0.1, -0.05) is 195 Å². The maximum Gasteiger partial charge on any atom is 0.252 e. The van der Waals surface area contributed by atoms with Gasteiger partial charge in [-0.15, -0.1) is 11.3 Å². The maximum atomic E-state index is 2.69. The molecule has 10 aromatic rings. The normalized spacial score (nSPS) is 13.7. The van der Waals surface area contributed by atoms with Crippen LogP contribution in [0.4, 0.5) is 34.1 Å². The number of benzene rings is 8. The summed E-state index contributed by atoms with van der Waals surface area (Å²) < 4.78 is 4.02. The van der Waals surface area contributed by atoms with Gasteiger partial charge in [0.25, 0.3) is 6.71 Å². The van der Waals surface area contributed by atoms with Crippen molar-refractivity contribution in [3.8, 4) is 16.8 Å². The maximum absolute atomic E-state index is 2.69. The lowest BCUT2D eigenvalue weighted by molar-refractivity contribution is 0.589. The molecule has 2 aromatic heterocycles. The first-order valence-corrected chi connectivity index (χ1v) is 28.9. The van der Waals surface area contributed by atoms with Crippen molar-refractivity contribution in [3.63, 3.8) is 0 Å². The number of fused-ring (bicyclic) bond motifs is 9. The van der Waals surface area contributed by atoms with Crippen LogP contribution in [0.25, 0.3) is 48.0 Å². The molecule has 0 radical (unpaired) electrons. The van der Waals surface area contributed by atoms with E-state index in [2.05, 4.69) is 284 Å². The fourth-order valence-corrected chi connectivity index (χ4v) is 13.7. The number of aromatic nitrogens is 1. The molecule has 0 atom stereocenters. The Labute approximate surface area is 463 Å². The van der Waals surface area contributed by atoms with Gasteiger partial charge < -0.3 is 14.4 Å². The van der Waals surface area contributed by atoms with Crippen LogP contribution in [0.3, 0.4) is 0 Å². The Kier molecular flexibility index (Phi) is 11.5. The predicted molar refractivity (Wildman–Crippen MR) is 339 cm³/mol. The van der Waals surface area contributed by atoms with E-state index in [1.807, 2.05) is 11.3 Å². The highest BCUT2D eigenvalue weighted by molar-refractivity contribution is 7.26. The van der Waals surface area contributed by atoms with E-state index in [-0.39, 0.29) is 33.8 Å². The summed E-state index contributed by atoms with van der Waals surface area (Å²) in [6.45, 7) is 39.8. The van der Waals surface area contributed by atoms with E-state index in [4.69, 9.17) is 0 Å². The third-order valence-electron chi connectivity index (χ3n) is 17.0. The number of thiophene rings is 1. The molecule has 0 unspecified atom stereocenters. The van der Waals surface area contributed by atoms with E-state index in [0.29, 0.717) is 0 Å². The smallest absolute Gasteiger partial charge is 0.252 e. The van der Waals surface area contributed by atoms with Gasteiger partial charge in [0.15, 0.2) is 0 Å². The minimum atomic E-state index is -0.153. The van der Waals surface area contributed by atoms with E-state index in [1.165, 1.54) is 132 Å². The highest BCUT2D eigenvalue weighted by atomic mass is 32.1. The molecule has 2 aliphatic heterocycles. The Morgan fingerprint density at radius 2 is 0.974 bits per heavy atom. The molecule has 388 valence electrons. The monoisotopic (exact) mass is 1030 g/mol. The molecule has 77 heavy (non-hydrogen) atoms. The van der Waals surface area contributed by atoms with E-state index in [9.17, 15) is 0 Å². The van der Waals surface area contributed by atoms with Gasteiger partial charge in [0.05, 0.1) is 11.2 Å². The van der Waals surface area contributed by atoms with Crippen LogP contribution in [0.1, 0.15) is 143 Å². The average Bonchev–Trinajstić information content (AvgIpc) is 4.14. The zero-order valence-electron chi connectivity index (χ0n) is 48.8. The van der Waals surface area contributed by atoms with Crippen LogP contribution in [-0.4, -0.2) is 11.3 Å². The van der Waals surface area contributed by atoms with Crippen molar-refractivity contribution in [1.82, 2.24) is 4.57 Å². The van der Waals surface area contributed by atoms with Crippen molar-refractivity contribution >= 4 is 99.8 Å². The first-order chi connectivity index (χ1) is 36.2. The van der Waals surface area contributed by atoms with Gasteiger partial charge in [0.1, 0.15) is 4.83 Å². The molecule has 2 aliphatic rings. The summed E-state index contributed by atoms with van der Waals surface area (Å²) in [4.78, 5) is 6.56. The van der Waals surface area contributed by atoms with Gasteiger partial charge in [0.2, 0.25) is 0 Å². The summed E-state index contributed by atoms with van der Waals surface area (Å²) in [6, 6.07) is 59.5. The lowest BCUT2D eigenvalue weighted by Crippen LogP contribution is -2.60. The first kappa shape index (κ1) is 51.0. The largest absolute Gasteiger partial charge is 0.311 e. The highest BCUT2D eigenvalue weighted by Gasteiger charge is 2.45. The van der Waals surface area contributed by atoms with E-state index >= 15 is 0 Å². The summed E-state index contributed by atoms with van der Waals surface area (Å²) in [7, 11) is 0. The predicted octanol–water partition coefficient (Wildman–Crippen LogP) is 18.9. The SMILES string of the molecule is Cc1cc(C(C)(C)C)ccc1N(c1ccc2c(c1)N(c1ccc(C(C)(C)C)cc1-c1ccccc1)c1cc(C(C)(C)C)cc3c1B2c1cc(C(C)(C)C)cc2c4c5ccccc5sc4n-3c12)c1ccc(C(C)(C)C)cc1C. The summed E-state index contributed by atoms with van der Waals surface area (Å²) in [6.07, 6.45) is 0. The molecule has 0 amide bonds.